The molecule has 1 atom stereocenters. The van der Waals surface area contributed by atoms with Crippen molar-refractivity contribution in [2.75, 3.05) is 13.7 Å². The van der Waals surface area contributed by atoms with Gasteiger partial charge in [0, 0.05) is 13.5 Å². The van der Waals surface area contributed by atoms with Gasteiger partial charge in [-0.25, -0.2) is 0 Å². The van der Waals surface area contributed by atoms with Crippen LogP contribution in [-0.4, -0.2) is 19.3 Å². The Morgan fingerprint density at radius 2 is 1.94 bits per heavy atom. The highest BCUT2D eigenvalue weighted by Crippen LogP contribution is 2.26. The van der Waals surface area contributed by atoms with Crippen molar-refractivity contribution >= 4 is 0 Å². The summed E-state index contributed by atoms with van der Waals surface area (Å²) in [5.74, 6) is 0.517. The molecule has 1 aromatic rings. The fourth-order valence-electron chi connectivity index (χ4n) is 2.11. The zero-order valence-corrected chi connectivity index (χ0v) is 11.5. The van der Waals surface area contributed by atoms with Crippen LogP contribution in [-0.2, 0) is 11.2 Å². The molecular weight excluding hydrogens is 210 g/mol. The minimum Gasteiger partial charge on any atom is -0.378 e. The van der Waals surface area contributed by atoms with Crippen LogP contribution in [0.25, 0.3) is 0 Å². The Morgan fingerprint density at radius 1 is 1.29 bits per heavy atom. The smallest absolute Gasteiger partial charge is 0.0663 e. The van der Waals surface area contributed by atoms with Crippen molar-refractivity contribution in [3.63, 3.8) is 0 Å². The second-order valence-corrected chi connectivity index (χ2v) is 5.32. The first-order valence-electron chi connectivity index (χ1n) is 6.33. The largest absolute Gasteiger partial charge is 0.378 e. The van der Waals surface area contributed by atoms with Crippen LogP contribution < -0.4 is 5.73 Å². The van der Waals surface area contributed by atoms with Crippen LogP contribution in [0.15, 0.2) is 24.3 Å². The molecule has 0 bridgehead atoms. The van der Waals surface area contributed by atoms with Crippen LogP contribution in [0.3, 0.4) is 0 Å². The third kappa shape index (κ3) is 4.14. The zero-order valence-electron chi connectivity index (χ0n) is 11.5. The topological polar surface area (TPSA) is 35.2 Å². The molecule has 2 N–H and O–H groups in total. The Kier molecular flexibility index (Phi) is 5.16. The van der Waals surface area contributed by atoms with Gasteiger partial charge in [-0.05, 0) is 43.9 Å². The number of rotatable bonds is 6. The van der Waals surface area contributed by atoms with E-state index in [-0.39, 0.29) is 5.60 Å². The van der Waals surface area contributed by atoms with Crippen LogP contribution in [0.1, 0.15) is 44.2 Å². The van der Waals surface area contributed by atoms with E-state index in [1.54, 1.807) is 7.11 Å². The monoisotopic (exact) mass is 235 g/mol. The van der Waals surface area contributed by atoms with Gasteiger partial charge in [0.25, 0.3) is 0 Å². The number of ether oxygens (including phenoxy) is 1. The van der Waals surface area contributed by atoms with Gasteiger partial charge in [-0.1, -0.05) is 31.2 Å². The third-order valence-corrected chi connectivity index (χ3v) is 3.35. The molecule has 0 saturated carbocycles. The first kappa shape index (κ1) is 14.2. The summed E-state index contributed by atoms with van der Waals surface area (Å²) in [6.07, 6.45) is 1.97. The summed E-state index contributed by atoms with van der Waals surface area (Å²) in [5.41, 5.74) is 8.31. The van der Waals surface area contributed by atoms with Crippen LogP contribution >= 0.6 is 0 Å². The molecular formula is C15H25NO. The number of nitrogens with two attached hydrogens (primary N) is 1. The molecule has 0 radical (unpaired) electrons. The summed E-state index contributed by atoms with van der Waals surface area (Å²) >= 11 is 0. The van der Waals surface area contributed by atoms with Gasteiger partial charge in [0.05, 0.1) is 5.60 Å². The van der Waals surface area contributed by atoms with E-state index in [9.17, 15) is 0 Å². The molecule has 0 aliphatic heterocycles. The van der Waals surface area contributed by atoms with Crippen molar-refractivity contribution < 1.29 is 4.74 Å². The number of benzene rings is 1. The van der Waals surface area contributed by atoms with Gasteiger partial charge in [-0.3, -0.25) is 0 Å². The Bertz CT molecular complexity index is 347. The summed E-state index contributed by atoms with van der Waals surface area (Å²) in [7, 11) is 1.77. The summed E-state index contributed by atoms with van der Waals surface area (Å²) in [6, 6.07) is 8.61. The van der Waals surface area contributed by atoms with E-state index in [0.29, 0.717) is 5.92 Å². The van der Waals surface area contributed by atoms with Crippen molar-refractivity contribution in [3.05, 3.63) is 35.4 Å². The predicted molar refractivity (Wildman–Crippen MR) is 73.3 cm³/mol. The molecule has 2 nitrogen and oxygen atoms in total. The molecule has 0 saturated heterocycles. The molecule has 1 aromatic carbocycles. The minimum absolute atomic E-state index is 0.113. The number of methoxy groups -OCH3 is 1. The zero-order chi connectivity index (χ0) is 12.9. The standard InChI is InChI=1S/C15H25NO/c1-12(9-10-16)14-8-6-5-7-13(14)11-15(2,3)17-4/h5-8,12H,9-11,16H2,1-4H3. The number of hydrogen-bond donors (Lipinski definition) is 1. The lowest BCUT2D eigenvalue weighted by molar-refractivity contribution is 0.0230. The van der Waals surface area contributed by atoms with E-state index in [1.807, 2.05) is 0 Å². The van der Waals surface area contributed by atoms with E-state index in [0.717, 1.165) is 19.4 Å². The van der Waals surface area contributed by atoms with Crippen LogP contribution in [0.4, 0.5) is 0 Å². The predicted octanol–water partition coefficient (Wildman–Crippen LogP) is 3.11. The normalized spacial score (nSPS) is 13.7. The highest BCUT2D eigenvalue weighted by atomic mass is 16.5. The van der Waals surface area contributed by atoms with Crippen LogP contribution in [0.2, 0.25) is 0 Å². The lowest BCUT2D eigenvalue weighted by Gasteiger charge is -2.25. The Balaban J connectivity index is 2.92. The molecule has 17 heavy (non-hydrogen) atoms. The molecule has 0 fully saturated rings. The molecule has 0 aliphatic rings. The summed E-state index contributed by atoms with van der Waals surface area (Å²) in [4.78, 5) is 0. The van der Waals surface area contributed by atoms with Gasteiger partial charge < -0.3 is 10.5 Å². The van der Waals surface area contributed by atoms with Crippen LogP contribution in [0.5, 0.6) is 0 Å². The summed E-state index contributed by atoms with van der Waals surface area (Å²) < 4.78 is 5.51. The van der Waals surface area contributed by atoms with Gasteiger partial charge in [0.2, 0.25) is 0 Å². The van der Waals surface area contributed by atoms with Crippen molar-refractivity contribution in [3.8, 4) is 0 Å². The highest BCUT2D eigenvalue weighted by Gasteiger charge is 2.20. The number of hydrogen-bond acceptors (Lipinski definition) is 2. The molecule has 96 valence electrons. The molecule has 2 heteroatoms. The van der Waals surface area contributed by atoms with Crippen molar-refractivity contribution in [1.29, 1.82) is 0 Å². The molecule has 0 amide bonds. The fourth-order valence-corrected chi connectivity index (χ4v) is 2.11. The van der Waals surface area contributed by atoms with Gasteiger partial charge >= 0.3 is 0 Å². The van der Waals surface area contributed by atoms with Gasteiger partial charge in [-0.2, -0.15) is 0 Å². The van der Waals surface area contributed by atoms with E-state index in [4.69, 9.17) is 10.5 Å². The van der Waals surface area contributed by atoms with E-state index >= 15 is 0 Å². The van der Waals surface area contributed by atoms with Crippen LogP contribution in [0, 0.1) is 0 Å². The third-order valence-electron chi connectivity index (χ3n) is 3.35. The lowest BCUT2D eigenvalue weighted by Crippen LogP contribution is -2.26. The molecule has 1 unspecified atom stereocenters. The molecule has 1 rings (SSSR count). The molecule has 0 heterocycles. The second kappa shape index (κ2) is 6.18. The molecule has 0 aromatic heterocycles. The minimum atomic E-state index is -0.113. The van der Waals surface area contributed by atoms with Crippen molar-refractivity contribution in [1.82, 2.24) is 0 Å². The van der Waals surface area contributed by atoms with E-state index < -0.39 is 0 Å². The quantitative estimate of drug-likeness (QED) is 0.822. The van der Waals surface area contributed by atoms with Crippen molar-refractivity contribution in [2.24, 2.45) is 5.73 Å². The summed E-state index contributed by atoms with van der Waals surface area (Å²) in [5, 5.41) is 0. The highest BCUT2D eigenvalue weighted by molar-refractivity contribution is 5.31. The maximum Gasteiger partial charge on any atom is 0.0663 e. The SMILES string of the molecule is COC(C)(C)Cc1ccccc1C(C)CCN. The van der Waals surface area contributed by atoms with E-state index in [1.165, 1.54) is 11.1 Å². The summed E-state index contributed by atoms with van der Waals surface area (Å²) in [6.45, 7) is 7.23. The Hall–Kier alpha value is -0.860. The Morgan fingerprint density at radius 3 is 2.53 bits per heavy atom. The Labute approximate surface area is 105 Å². The fraction of sp³-hybridized carbons (Fsp3) is 0.600. The molecule has 0 spiro atoms. The maximum atomic E-state index is 5.65. The van der Waals surface area contributed by atoms with E-state index in [2.05, 4.69) is 45.0 Å². The average Bonchev–Trinajstić information content (AvgIpc) is 2.29. The van der Waals surface area contributed by atoms with Gasteiger partial charge in [-0.15, -0.1) is 0 Å². The van der Waals surface area contributed by atoms with Crippen molar-refractivity contribution in [2.45, 2.75) is 45.1 Å². The maximum absolute atomic E-state index is 5.65. The average molecular weight is 235 g/mol. The lowest BCUT2D eigenvalue weighted by atomic mass is 9.88. The second-order valence-electron chi connectivity index (χ2n) is 5.32. The van der Waals surface area contributed by atoms with Gasteiger partial charge in [0.1, 0.15) is 0 Å². The first-order valence-corrected chi connectivity index (χ1v) is 6.33. The van der Waals surface area contributed by atoms with Gasteiger partial charge in [0.15, 0.2) is 0 Å². The molecule has 0 aliphatic carbocycles. The first-order chi connectivity index (χ1) is 8.00.